The van der Waals surface area contributed by atoms with Crippen molar-refractivity contribution < 1.29 is 26.3 Å². The Morgan fingerprint density at radius 3 is 2.63 bits per heavy atom. The van der Waals surface area contributed by atoms with Gasteiger partial charge in [-0.15, -0.1) is 0 Å². The lowest BCUT2D eigenvalue weighted by atomic mass is 10.2. The molecule has 1 aliphatic rings. The van der Waals surface area contributed by atoms with Gasteiger partial charge in [0, 0.05) is 18.8 Å². The van der Waals surface area contributed by atoms with Crippen LogP contribution in [0.4, 0.5) is 13.2 Å². The highest BCUT2D eigenvalue weighted by Gasteiger charge is 2.35. The molecule has 1 aromatic carbocycles. The van der Waals surface area contributed by atoms with Crippen LogP contribution in [0.3, 0.4) is 0 Å². The maximum Gasteiger partial charge on any atom is 0.416 e. The third kappa shape index (κ3) is 4.24. The van der Waals surface area contributed by atoms with Crippen molar-refractivity contribution in [1.29, 1.82) is 0 Å². The standard InChI is InChI=1S/C18H19F3N2O3S/c1-12-3-4-13(2)16(9-12)27(24,25)23-8-6-15(11-23)26-17-10-14(5-7-22-17)18(19,20)21/h3-5,7,9-10,15H,6,8,11H2,1-2H3. The fraction of sp³-hybridized carbons (Fsp3) is 0.389. The molecule has 2 aromatic rings. The highest BCUT2D eigenvalue weighted by atomic mass is 32.2. The lowest BCUT2D eigenvalue weighted by molar-refractivity contribution is -0.137. The zero-order chi connectivity index (χ0) is 19.8. The summed E-state index contributed by atoms with van der Waals surface area (Å²) in [4.78, 5) is 4.03. The van der Waals surface area contributed by atoms with E-state index in [1.807, 2.05) is 13.0 Å². The summed E-state index contributed by atoms with van der Waals surface area (Å²) in [6.45, 7) is 3.84. The van der Waals surface area contributed by atoms with Gasteiger partial charge in [0.05, 0.1) is 17.0 Å². The number of benzene rings is 1. The summed E-state index contributed by atoms with van der Waals surface area (Å²) in [6, 6.07) is 6.89. The van der Waals surface area contributed by atoms with Gasteiger partial charge in [-0.3, -0.25) is 0 Å². The van der Waals surface area contributed by atoms with Gasteiger partial charge in [-0.05, 0) is 43.5 Å². The molecule has 0 saturated carbocycles. The van der Waals surface area contributed by atoms with Crippen LogP contribution in [0.1, 0.15) is 23.1 Å². The maximum atomic E-state index is 12.9. The van der Waals surface area contributed by atoms with Crippen molar-refractivity contribution in [3.63, 3.8) is 0 Å². The SMILES string of the molecule is Cc1ccc(C)c(S(=O)(=O)N2CCC(Oc3cc(C(F)(F)F)ccn3)C2)c1. The molecule has 9 heteroatoms. The van der Waals surface area contributed by atoms with Crippen molar-refractivity contribution in [3.05, 3.63) is 53.2 Å². The summed E-state index contributed by atoms with van der Waals surface area (Å²) in [6.07, 6.45) is -3.64. The number of alkyl halides is 3. The minimum Gasteiger partial charge on any atom is -0.473 e. The molecule has 1 atom stereocenters. The number of pyridine rings is 1. The molecule has 146 valence electrons. The number of rotatable bonds is 4. The van der Waals surface area contributed by atoms with Crippen molar-refractivity contribution in [2.24, 2.45) is 0 Å². The smallest absolute Gasteiger partial charge is 0.416 e. The van der Waals surface area contributed by atoms with E-state index in [0.29, 0.717) is 12.0 Å². The van der Waals surface area contributed by atoms with E-state index in [-0.39, 0.29) is 23.9 Å². The quantitative estimate of drug-likeness (QED) is 0.788. The van der Waals surface area contributed by atoms with Gasteiger partial charge in [-0.25, -0.2) is 13.4 Å². The molecular formula is C18H19F3N2O3S. The average molecular weight is 400 g/mol. The Bertz CT molecular complexity index is 945. The second-order valence-corrected chi connectivity index (χ2v) is 8.45. The van der Waals surface area contributed by atoms with Crippen molar-refractivity contribution in [3.8, 4) is 5.88 Å². The predicted molar refractivity (Wildman–Crippen MR) is 92.9 cm³/mol. The normalized spacial score (nSPS) is 18.6. The molecule has 2 heterocycles. The summed E-state index contributed by atoms with van der Waals surface area (Å²) in [5.41, 5.74) is 0.620. The van der Waals surface area contributed by atoms with Crippen LogP contribution in [0, 0.1) is 13.8 Å². The van der Waals surface area contributed by atoms with Gasteiger partial charge in [0.1, 0.15) is 6.10 Å². The molecule has 0 aliphatic carbocycles. The van der Waals surface area contributed by atoms with E-state index >= 15 is 0 Å². The molecular weight excluding hydrogens is 381 g/mol. The van der Waals surface area contributed by atoms with Gasteiger partial charge in [0.15, 0.2) is 0 Å². The number of nitrogens with zero attached hydrogens (tertiary/aromatic N) is 2. The largest absolute Gasteiger partial charge is 0.473 e. The van der Waals surface area contributed by atoms with Crippen LogP contribution in [-0.2, 0) is 16.2 Å². The summed E-state index contributed by atoms with van der Waals surface area (Å²) >= 11 is 0. The monoisotopic (exact) mass is 400 g/mol. The third-order valence-corrected chi connectivity index (χ3v) is 6.43. The van der Waals surface area contributed by atoms with Gasteiger partial charge < -0.3 is 4.74 Å². The number of sulfonamides is 1. The average Bonchev–Trinajstić information content (AvgIpc) is 3.06. The summed E-state index contributed by atoms with van der Waals surface area (Å²) in [5, 5.41) is 0. The Morgan fingerprint density at radius 2 is 1.93 bits per heavy atom. The molecule has 0 amide bonds. The Labute approximate surface area is 155 Å². The lowest BCUT2D eigenvalue weighted by Crippen LogP contribution is -2.31. The van der Waals surface area contributed by atoms with E-state index in [1.54, 1.807) is 19.1 Å². The van der Waals surface area contributed by atoms with E-state index in [4.69, 9.17) is 4.74 Å². The first-order valence-corrected chi connectivity index (χ1v) is 9.79. The molecule has 1 fully saturated rings. The number of ether oxygens (including phenoxy) is 1. The summed E-state index contributed by atoms with van der Waals surface area (Å²) in [5.74, 6) is -0.166. The van der Waals surface area contributed by atoms with E-state index < -0.39 is 27.9 Å². The molecule has 5 nitrogen and oxygen atoms in total. The van der Waals surface area contributed by atoms with Crippen molar-refractivity contribution in [2.45, 2.75) is 37.4 Å². The van der Waals surface area contributed by atoms with Gasteiger partial charge in [-0.1, -0.05) is 12.1 Å². The summed E-state index contributed by atoms with van der Waals surface area (Å²) < 4.78 is 71.0. The van der Waals surface area contributed by atoms with E-state index in [0.717, 1.165) is 23.9 Å². The van der Waals surface area contributed by atoms with Crippen LogP contribution in [-0.4, -0.2) is 36.9 Å². The molecule has 1 aliphatic heterocycles. The first-order valence-electron chi connectivity index (χ1n) is 8.34. The number of halogens is 3. The van der Waals surface area contributed by atoms with Crippen molar-refractivity contribution in [1.82, 2.24) is 9.29 Å². The van der Waals surface area contributed by atoms with E-state index in [1.165, 1.54) is 4.31 Å². The Balaban J connectivity index is 1.75. The number of hydrogen-bond acceptors (Lipinski definition) is 4. The van der Waals surface area contributed by atoms with Crippen LogP contribution in [0.15, 0.2) is 41.4 Å². The van der Waals surface area contributed by atoms with Gasteiger partial charge in [-0.2, -0.15) is 17.5 Å². The molecule has 0 N–H and O–H groups in total. The fourth-order valence-corrected chi connectivity index (χ4v) is 4.75. The molecule has 1 aromatic heterocycles. The molecule has 3 rings (SSSR count). The number of aryl methyl sites for hydroxylation is 2. The maximum absolute atomic E-state index is 12.9. The molecule has 1 unspecified atom stereocenters. The van der Waals surface area contributed by atoms with E-state index in [2.05, 4.69) is 4.98 Å². The lowest BCUT2D eigenvalue weighted by Gasteiger charge is -2.19. The number of aromatic nitrogens is 1. The first kappa shape index (κ1) is 19.6. The molecule has 0 radical (unpaired) electrons. The molecule has 0 bridgehead atoms. The minimum absolute atomic E-state index is 0.0631. The van der Waals surface area contributed by atoms with Gasteiger partial charge >= 0.3 is 6.18 Å². The second-order valence-electron chi connectivity index (χ2n) is 6.54. The van der Waals surface area contributed by atoms with Crippen LogP contribution in [0.2, 0.25) is 0 Å². The molecule has 1 saturated heterocycles. The van der Waals surface area contributed by atoms with Crippen LogP contribution >= 0.6 is 0 Å². The predicted octanol–water partition coefficient (Wildman–Crippen LogP) is 3.56. The van der Waals surface area contributed by atoms with Gasteiger partial charge in [0.2, 0.25) is 15.9 Å². The van der Waals surface area contributed by atoms with Crippen LogP contribution < -0.4 is 4.74 Å². The topological polar surface area (TPSA) is 59.5 Å². The van der Waals surface area contributed by atoms with Crippen LogP contribution in [0.5, 0.6) is 5.88 Å². The Hall–Kier alpha value is -2.13. The van der Waals surface area contributed by atoms with Crippen molar-refractivity contribution >= 4 is 10.0 Å². The molecule has 27 heavy (non-hydrogen) atoms. The Kier molecular flexibility index (Phi) is 5.18. The highest BCUT2D eigenvalue weighted by molar-refractivity contribution is 7.89. The zero-order valence-electron chi connectivity index (χ0n) is 14.8. The highest BCUT2D eigenvalue weighted by Crippen LogP contribution is 2.31. The minimum atomic E-state index is -4.49. The fourth-order valence-electron chi connectivity index (χ4n) is 2.96. The number of hydrogen-bond donors (Lipinski definition) is 0. The second kappa shape index (κ2) is 7.12. The van der Waals surface area contributed by atoms with E-state index in [9.17, 15) is 21.6 Å². The summed E-state index contributed by atoms with van der Waals surface area (Å²) in [7, 11) is -3.70. The van der Waals surface area contributed by atoms with Crippen molar-refractivity contribution in [2.75, 3.05) is 13.1 Å². The molecule has 0 spiro atoms. The van der Waals surface area contributed by atoms with Crippen LogP contribution in [0.25, 0.3) is 0 Å². The third-order valence-electron chi connectivity index (χ3n) is 4.42. The first-order chi connectivity index (χ1) is 12.6. The zero-order valence-corrected chi connectivity index (χ0v) is 15.6. The Morgan fingerprint density at radius 1 is 1.19 bits per heavy atom. The van der Waals surface area contributed by atoms with Gasteiger partial charge in [0.25, 0.3) is 0 Å².